The zero-order valence-corrected chi connectivity index (χ0v) is 13.9. The predicted molar refractivity (Wildman–Crippen MR) is 93.3 cm³/mol. The average molecular weight is 304 g/mol. The number of hydrogen-bond acceptors (Lipinski definition) is 3. The van der Waals surface area contributed by atoms with E-state index in [-0.39, 0.29) is 6.85 Å². The highest BCUT2D eigenvalue weighted by Crippen LogP contribution is 2.20. The molecule has 0 N–H and O–H groups in total. The Bertz CT molecular complexity index is 1040. The zero-order valence-electron chi connectivity index (χ0n) is 13.9. The summed E-state index contributed by atoms with van der Waals surface area (Å²) in [6.45, 7) is 6.70. The Morgan fingerprint density at radius 1 is 1.26 bits per heavy atom. The summed E-state index contributed by atoms with van der Waals surface area (Å²) in [6, 6.07) is 8.36. The Hall–Kier alpha value is -2.56. The quantitative estimate of drug-likeness (QED) is 0.505. The number of aromatic nitrogens is 2. The maximum Gasteiger partial charge on any atom is 0.402 e. The van der Waals surface area contributed by atoms with Gasteiger partial charge in [0.25, 0.3) is 5.82 Å². The van der Waals surface area contributed by atoms with E-state index in [4.69, 9.17) is 4.42 Å². The second-order valence-corrected chi connectivity index (χ2v) is 6.24. The molecule has 0 saturated carbocycles. The molecule has 0 fully saturated rings. The van der Waals surface area contributed by atoms with E-state index in [1.807, 2.05) is 6.07 Å². The van der Waals surface area contributed by atoms with Gasteiger partial charge in [0.15, 0.2) is 5.42 Å². The molecular formula is C18H19BN3O+. The summed E-state index contributed by atoms with van der Waals surface area (Å²) in [4.78, 5) is 6.67. The minimum absolute atomic E-state index is 0.247. The van der Waals surface area contributed by atoms with Crippen LogP contribution in [0, 0.1) is 6.92 Å². The van der Waals surface area contributed by atoms with E-state index >= 15 is 0 Å². The number of rotatable bonds is 1. The molecule has 0 amide bonds. The molecule has 0 unspecified atom stereocenters. The molecule has 5 heteroatoms. The molecule has 0 aliphatic carbocycles. The van der Waals surface area contributed by atoms with Crippen molar-refractivity contribution in [2.45, 2.75) is 20.7 Å². The van der Waals surface area contributed by atoms with Gasteiger partial charge in [-0.25, -0.2) is 9.55 Å². The van der Waals surface area contributed by atoms with Gasteiger partial charge in [0.2, 0.25) is 5.71 Å². The molecule has 0 spiro atoms. The lowest BCUT2D eigenvalue weighted by atomic mass is 9.60. The predicted octanol–water partition coefficient (Wildman–Crippen LogP) is 1.55. The van der Waals surface area contributed by atoms with Gasteiger partial charge >= 0.3 is 6.85 Å². The molecule has 3 aromatic rings. The molecule has 0 radical (unpaired) electrons. The van der Waals surface area contributed by atoms with Crippen LogP contribution in [-0.4, -0.2) is 11.8 Å². The summed E-state index contributed by atoms with van der Waals surface area (Å²) < 4.78 is 8.19. The van der Waals surface area contributed by atoms with E-state index in [9.17, 15) is 0 Å². The summed E-state index contributed by atoms with van der Waals surface area (Å²) in [5.41, 5.74) is 3.98. The van der Waals surface area contributed by atoms with E-state index < -0.39 is 0 Å². The van der Waals surface area contributed by atoms with Gasteiger partial charge in [0, 0.05) is 22.9 Å². The van der Waals surface area contributed by atoms with Crippen LogP contribution in [0.1, 0.15) is 12.5 Å². The molecule has 0 bridgehead atoms. The van der Waals surface area contributed by atoms with Crippen molar-refractivity contribution in [1.82, 2.24) is 4.98 Å². The molecule has 4 heterocycles. The van der Waals surface area contributed by atoms with E-state index in [2.05, 4.69) is 72.5 Å². The largest absolute Gasteiger partial charge is 0.434 e. The summed E-state index contributed by atoms with van der Waals surface area (Å²) in [5.74, 6) is 3.42. The Balaban J connectivity index is 2.03. The molecular weight excluding hydrogens is 285 g/mol. The Kier molecular flexibility index (Phi) is 3.05. The summed E-state index contributed by atoms with van der Waals surface area (Å²) in [5, 5.41) is 2.24. The molecule has 0 aromatic carbocycles. The van der Waals surface area contributed by atoms with E-state index in [1.54, 1.807) is 6.20 Å². The Morgan fingerprint density at radius 3 is 2.91 bits per heavy atom. The standard InChI is InChI=1S/C18H19BN3O/c1-12-7-9-21(4)16(10-12)22-13(2)17-15(11-19(22)3)14-6-5-8-20-18(14)23-17/h5-11H,1-4H3/q+1. The van der Waals surface area contributed by atoms with Crippen molar-refractivity contribution in [3.63, 3.8) is 0 Å². The second kappa shape index (κ2) is 4.98. The van der Waals surface area contributed by atoms with Gasteiger partial charge < -0.3 is 4.42 Å². The highest BCUT2D eigenvalue weighted by atomic mass is 16.3. The summed E-state index contributed by atoms with van der Waals surface area (Å²) in [7, 11) is 2.07. The Labute approximate surface area is 135 Å². The number of fused-ring (bicyclic) bond motifs is 3. The van der Waals surface area contributed by atoms with Crippen LogP contribution >= 0.6 is 0 Å². The molecule has 0 atom stereocenters. The maximum absolute atomic E-state index is 6.04. The van der Waals surface area contributed by atoms with Crippen molar-refractivity contribution >= 4 is 35.4 Å². The first kappa shape index (κ1) is 14.1. The molecule has 23 heavy (non-hydrogen) atoms. The van der Waals surface area contributed by atoms with Crippen LogP contribution in [0.3, 0.4) is 0 Å². The van der Waals surface area contributed by atoms with Crippen LogP contribution in [0.4, 0.5) is 5.82 Å². The van der Waals surface area contributed by atoms with Crippen LogP contribution in [0.5, 0.6) is 0 Å². The number of furan rings is 1. The monoisotopic (exact) mass is 304 g/mol. The van der Waals surface area contributed by atoms with Crippen molar-refractivity contribution in [2.24, 2.45) is 7.05 Å². The van der Waals surface area contributed by atoms with Gasteiger partial charge in [-0.15, -0.1) is 0 Å². The van der Waals surface area contributed by atoms with E-state index in [0.717, 1.165) is 27.5 Å². The van der Waals surface area contributed by atoms with Crippen molar-refractivity contribution in [3.05, 3.63) is 52.9 Å². The van der Waals surface area contributed by atoms with Gasteiger partial charge in [-0.1, -0.05) is 5.98 Å². The molecule has 0 saturated heterocycles. The SMILES string of the molecule is CB1C=c2c(oc3ncccc23)=C(C)N1c1cc(C)cc[n+]1C. The smallest absolute Gasteiger partial charge is 0.402 e. The molecule has 4 nitrogen and oxygen atoms in total. The molecule has 3 aromatic heterocycles. The number of hydrogen-bond donors (Lipinski definition) is 0. The minimum atomic E-state index is 0.247. The molecule has 4 rings (SSSR count). The fourth-order valence-corrected chi connectivity index (χ4v) is 3.40. The second-order valence-electron chi connectivity index (χ2n) is 6.24. The van der Waals surface area contributed by atoms with Gasteiger partial charge in [0.05, 0.1) is 13.2 Å². The first-order chi connectivity index (χ1) is 11.1. The van der Waals surface area contributed by atoms with Crippen LogP contribution < -0.4 is 20.0 Å². The minimum Gasteiger partial charge on any atom is -0.434 e. The van der Waals surface area contributed by atoms with Crippen molar-refractivity contribution in [2.75, 3.05) is 4.81 Å². The molecule has 1 aliphatic heterocycles. The first-order valence-electron chi connectivity index (χ1n) is 7.88. The van der Waals surface area contributed by atoms with Crippen LogP contribution in [-0.2, 0) is 7.05 Å². The van der Waals surface area contributed by atoms with Crippen molar-refractivity contribution in [3.8, 4) is 0 Å². The third-order valence-electron chi connectivity index (χ3n) is 4.54. The lowest BCUT2D eigenvalue weighted by Gasteiger charge is -2.23. The first-order valence-corrected chi connectivity index (χ1v) is 7.88. The lowest BCUT2D eigenvalue weighted by molar-refractivity contribution is -0.658. The van der Waals surface area contributed by atoms with Crippen LogP contribution in [0.2, 0.25) is 6.82 Å². The lowest BCUT2D eigenvalue weighted by Crippen LogP contribution is -2.50. The van der Waals surface area contributed by atoms with Crippen LogP contribution in [0.25, 0.3) is 22.8 Å². The fraction of sp³-hybridized carbons (Fsp3) is 0.222. The van der Waals surface area contributed by atoms with Gasteiger partial charge in [-0.05, 0) is 44.4 Å². The van der Waals surface area contributed by atoms with E-state index in [0.29, 0.717) is 5.71 Å². The average Bonchev–Trinajstić information content (AvgIpc) is 2.90. The fourth-order valence-electron chi connectivity index (χ4n) is 3.40. The number of pyridine rings is 2. The summed E-state index contributed by atoms with van der Waals surface area (Å²) >= 11 is 0. The summed E-state index contributed by atoms with van der Waals surface area (Å²) in [6.07, 6.45) is 3.87. The van der Waals surface area contributed by atoms with Crippen molar-refractivity contribution < 1.29 is 8.98 Å². The Morgan fingerprint density at radius 2 is 2.09 bits per heavy atom. The van der Waals surface area contributed by atoms with Gasteiger partial charge in [0.1, 0.15) is 5.70 Å². The zero-order chi connectivity index (χ0) is 16.1. The number of aryl methyl sites for hydroxylation is 2. The number of nitrogens with zero attached hydrogens (tertiary/aromatic N) is 3. The third-order valence-corrected chi connectivity index (χ3v) is 4.54. The highest BCUT2D eigenvalue weighted by Gasteiger charge is 2.33. The topological polar surface area (TPSA) is 33.2 Å². The van der Waals surface area contributed by atoms with Gasteiger partial charge in [-0.2, -0.15) is 0 Å². The molecule has 1 aliphatic rings. The van der Waals surface area contributed by atoms with Crippen LogP contribution in [0.15, 0.2) is 41.1 Å². The highest BCUT2D eigenvalue weighted by molar-refractivity contribution is 6.77. The number of anilines is 1. The molecule has 114 valence electrons. The maximum atomic E-state index is 6.04. The third kappa shape index (κ3) is 2.07. The van der Waals surface area contributed by atoms with E-state index in [1.165, 1.54) is 5.56 Å². The normalized spacial score (nSPS) is 14.2. The van der Waals surface area contributed by atoms with Gasteiger partial charge in [-0.3, -0.25) is 4.81 Å². The van der Waals surface area contributed by atoms with Crippen molar-refractivity contribution in [1.29, 1.82) is 0 Å².